The molecule has 0 aliphatic carbocycles. The molecule has 0 bridgehead atoms. The van der Waals surface area contributed by atoms with Gasteiger partial charge in [-0.15, -0.1) is 5.10 Å². The summed E-state index contributed by atoms with van der Waals surface area (Å²) in [5.41, 5.74) is 9.09. The van der Waals surface area contributed by atoms with Gasteiger partial charge in [-0.2, -0.15) is 0 Å². The molecule has 2 rings (SSSR count). The topological polar surface area (TPSA) is 56.7 Å². The maximum atomic E-state index is 6.04. The first kappa shape index (κ1) is 11.8. The van der Waals surface area contributed by atoms with Crippen molar-refractivity contribution in [3.63, 3.8) is 0 Å². The van der Waals surface area contributed by atoms with Gasteiger partial charge in [-0.25, -0.2) is 4.68 Å². The van der Waals surface area contributed by atoms with Gasteiger partial charge in [0.15, 0.2) is 0 Å². The van der Waals surface area contributed by atoms with Crippen LogP contribution < -0.4 is 5.73 Å². The van der Waals surface area contributed by atoms with Crippen LogP contribution in [0.25, 0.3) is 5.69 Å². The minimum Gasteiger partial charge on any atom is -0.322 e. The van der Waals surface area contributed by atoms with Gasteiger partial charge in [-0.3, -0.25) is 0 Å². The molecule has 0 radical (unpaired) electrons. The summed E-state index contributed by atoms with van der Waals surface area (Å²) in [6.45, 7) is 6.22. The largest absolute Gasteiger partial charge is 0.322 e. The molecule has 0 fully saturated rings. The van der Waals surface area contributed by atoms with E-state index in [1.165, 1.54) is 5.56 Å². The molecule has 1 aromatic carbocycles. The first-order valence-electron chi connectivity index (χ1n) is 5.83. The average Bonchev–Trinajstić information content (AvgIpc) is 2.77. The van der Waals surface area contributed by atoms with E-state index in [0.29, 0.717) is 5.92 Å². The van der Waals surface area contributed by atoms with Crippen LogP contribution in [0.2, 0.25) is 0 Å². The van der Waals surface area contributed by atoms with Crippen molar-refractivity contribution < 1.29 is 0 Å². The van der Waals surface area contributed by atoms with Crippen molar-refractivity contribution in [1.29, 1.82) is 0 Å². The van der Waals surface area contributed by atoms with Crippen molar-refractivity contribution in [1.82, 2.24) is 15.0 Å². The van der Waals surface area contributed by atoms with Gasteiger partial charge in [-0.1, -0.05) is 31.2 Å². The van der Waals surface area contributed by atoms with Crippen LogP contribution in [0.1, 0.15) is 31.1 Å². The molecule has 0 amide bonds. The number of benzene rings is 1. The second-order valence-electron chi connectivity index (χ2n) is 4.70. The third kappa shape index (κ3) is 2.53. The van der Waals surface area contributed by atoms with E-state index >= 15 is 0 Å². The number of hydrogen-bond acceptors (Lipinski definition) is 3. The lowest BCUT2D eigenvalue weighted by Gasteiger charge is -2.11. The van der Waals surface area contributed by atoms with E-state index in [9.17, 15) is 0 Å². The maximum Gasteiger partial charge on any atom is 0.100 e. The summed E-state index contributed by atoms with van der Waals surface area (Å²) in [5, 5.41) is 8.25. The monoisotopic (exact) mass is 230 g/mol. The summed E-state index contributed by atoms with van der Waals surface area (Å²) in [7, 11) is 0. The zero-order chi connectivity index (χ0) is 12.4. The Labute approximate surface area is 101 Å². The number of aromatic nitrogens is 3. The number of hydrogen-bond donors (Lipinski definition) is 1. The molecule has 2 aromatic rings. The summed E-state index contributed by atoms with van der Waals surface area (Å²) in [6.07, 6.45) is 1.90. The summed E-state index contributed by atoms with van der Waals surface area (Å²) >= 11 is 0. The van der Waals surface area contributed by atoms with Crippen LogP contribution in [0.5, 0.6) is 0 Å². The minimum absolute atomic E-state index is 0.0615. The fourth-order valence-corrected chi connectivity index (χ4v) is 1.67. The van der Waals surface area contributed by atoms with Crippen LogP contribution in [0.4, 0.5) is 0 Å². The Morgan fingerprint density at radius 3 is 2.71 bits per heavy atom. The first-order valence-corrected chi connectivity index (χ1v) is 5.83. The van der Waals surface area contributed by atoms with Gasteiger partial charge in [0, 0.05) is 0 Å². The molecule has 1 aromatic heterocycles. The van der Waals surface area contributed by atoms with Crippen molar-refractivity contribution in [3.05, 3.63) is 41.7 Å². The minimum atomic E-state index is -0.0615. The van der Waals surface area contributed by atoms with E-state index in [0.717, 1.165) is 11.4 Å². The Morgan fingerprint density at radius 2 is 2.06 bits per heavy atom. The van der Waals surface area contributed by atoms with Gasteiger partial charge in [0.1, 0.15) is 5.69 Å². The van der Waals surface area contributed by atoms with Crippen LogP contribution in [-0.2, 0) is 0 Å². The van der Waals surface area contributed by atoms with Crippen molar-refractivity contribution in [3.8, 4) is 5.69 Å². The smallest absolute Gasteiger partial charge is 0.100 e. The van der Waals surface area contributed by atoms with Crippen LogP contribution in [0.15, 0.2) is 30.5 Å². The molecule has 4 heteroatoms. The van der Waals surface area contributed by atoms with Gasteiger partial charge < -0.3 is 5.73 Å². The van der Waals surface area contributed by atoms with Gasteiger partial charge in [0.05, 0.1) is 17.9 Å². The SMILES string of the molecule is Cc1cccc(-n2cc(C(N)C(C)C)nn2)c1. The van der Waals surface area contributed by atoms with E-state index in [4.69, 9.17) is 5.73 Å². The fourth-order valence-electron chi connectivity index (χ4n) is 1.67. The number of rotatable bonds is 3. The van der Waals surface area contributed by atoms with Crippen molar-refractivity contribution in [2.24, 2.45) is 11.7 Å². The van der Waals surface area contributed by atoms with Gasteiger partial charge in [0.25, 0.3) is 0 Å². The quantitative estimate of drug-likeness (QED) is 0.879. The van der Waals surface area contributed by atoms with Crippen LogP contribution >= 0.6 is 0 Å². The molecule has 1 heterocycles. The second-order valence-corrected chi connectivity index (χ2v) is 4.70. The van der Waals surface area contributed by atoms with E-state index in [1.807, 2.05) is 18.3 Å². The number of aryl methyl sites for hydroxylation is 1. The first-order chi connectivity index (χ1) is 8.08. The second kappa shape index (κ2) is 4.67. The van der Waals surface area contributed by atoms with E-state index in [2.05, 4.69) is 43.2 Å². The van der Waals surface area contributed by atoms with Gasteiger partial charge in [0.2, 0.25) is 0 Å². The maximum absolute atomic E-state index is 6.04. The standard InChI is InChI=1S/C13H18N4/c1-9(2)13(14)12-8-17(16-15-12)11-6-4-5-10(3)7-11/h4-9,13H,14H2,1-3H3. The highest BCUT2D eigenvalue weighted by Gasteiger charge is 2.14. The lowest BCUT2D eigenvalue weighted by atomic mass is 10.0. The molecule has 0 aliphatic rings. The van der Waals surface area contributed by atoms with Crippen LogP contribution in [0.3, 0.4) is 0 Å². The van der Waals surface area contributed by atoms with Crippen LogP contribution in [-0.4, -0.2) is 15.0 Å². The van der Waals surface area contributed by atoms with Crippen molar-refractivity contribution in [2.45, 2.75) is 26.8 Å². The molecule has 1 atom stereocenters. The molecule has 0 aliphatic heterocycles. The summed E-state index contributed by atoms with van der Waals surface area (Å²) in [6, 6.07) is 8.08. The lowest BCUT2D eigenvalue weighted by molar-refractivity contribution is 0.502. The summed E-state index contributed by atoms with van der Waals surface area (Å²) < 4.78 is 1.77. The molecule has 0 spiro atoms. The molecule has 0 saturated heterocycles. The molecule has 0 saturated carbocycles. The molecule has 17 heavy (non-hydrogen) atoms. The predicted molar refractivity (Wildman–Crippen MR) is 67.9 cm³/mol. The van der Waals surface area contributed by atoms with Gasteiger partial charge in [-0.05, 0) is 30.5 Å². The Balaban J connectivity index is 2.30. The zero-order valence-electron chi connectivity index (χ0n) is 10.5. The Kier molecular flexibility index (Phi) is 3.24. The molecule has 90 valence electrons. The number of nitrogens with zero attached hydrogens (tertiary/aromatic N) is 3. The zero-order valence-corrected chi connectivity index (χ0v) is 10.5. The third-order valence-corrected chi connectivity index (χ3v) is 2.84. The molecule has 4 nitrogen and oxygen atoms in total. The lowest BCUT2D eigenvalue weighted by Crippen LogP contribution is -2.17. The van der Waals surface area contributed by atoms with Crippen molar-refractivity contribution >= 4 is 0 Å². The molecular formula is C13H18N4. The predicted octanol–water partition coefficient (Wildman–Crippen LogP) is 2.23. The fraction of sp³-hybridized carbons (Fsp3) is 0.385. The Hall–Kier alpha value is -1.68. The molecular weight excluding hydrogens is 212 g/mol. The van der Waals surface area contributed by atoms with Crippen LogP contribution in [0, 0.1) is 12.8 Å². The molecule has 1 unspecified atom stereocenters. The molecule has 2 N–H and O–H groups in total. The van der Waals surface area contributed by atoms with E-state index in [1.54, 1.807) is 4.68 Å². The average molecular weight is 230 g/mol. The van der Waals surface area contributed by atoms with E-state index in [-0.39, 0.29) is 6.04 Å². The normalized spacial score (nSPS) is 13.0. The van der Waals surface area contributed by atoms with E-state index < -0.39 is 0 Å². The Morgan fingerprint density at radius 1 is 1.29 bits per heavy atom. The number of nitrogens with two attached hydrogens (primary N) is 1. The van der Waals surface area contributed by atoms with Gasteiger partial charge >= 0.3 is 0 Å². The highest BCUT2D eigenvalue weighted by atomic mass is 15.4. The highest BCUT2D eigenvalue weighted by Crippen LogP contribution is 2.17. The summed E-state index contributed by atoms with van der Waals surface area (Å²) in [4.78, 5) is 0. The third-order valence-electron chi connectivity index (χ3n) is 2.84. The summed E-state index contributed by atoms with van der Waals surface area (Å²) in [5.74, 6) is 0.359. The highest BCUT2D eigenvalue weighted by molar-refractivity contribution is 5.34. The van der Waals surface area contributed by atoms with Crippen molar-refractivity contribution in [2.75, 3.05) is 0 Å². The Bertz CT molecular complexity index is 502.